The summed E-state index contributed by atoms with van der Waals surface area (Å²) in [5.74, 6) is -12.4. The molecule has 628 valence electrons. The van der Waals surface area contributed by atoms with Gasteiger partial charge in [0, 0.05) is 87.0 Å². The average molecular weight is 1650 g/mol. The molecular formula is C81H100ClN19O17. The number of pyridine rings is 1. The number of nitrogens with one attached hydrogen (secondary N) is 15. The molecule has 0 bridgehead atoms. The van der Waals surface area contributed by atoms with Crippen molar-refractivity contribution in [3.63, 3.8) is 0 Å². The maximum Gasteiger partial charge on any atom is 0.322 e. The van der Waals surface area contributed by atoms with Gasteiger partial charge in [-0.3, -0.25) is 77.4 Å². The zero-order chi connectivity index (χ0) is 85.9. The van der Waals surface area contributed by atoms with E-state index in [-0.39, 0.29) is 80.5 Å². The first-order chi connectivity index (χ1) is 56.2. The molecule has 8 rings (SSSR count). The van der Waals surface area contributed by atoms with Gasteiger partial charge in [0.05, 0.1) is 19.6 Å². The van der Waals surface area contributed by atoms with Crippen LogP contribution in [0, 0.1) is 5.92 Å². The van der Waals surface area contributed by atoms with Gasteiger partial charge in [-0.1, -0.05) is 124 Å². The lowest BCUT2D eigenvalue weighted by atomic mass is 9.99. The van der Waals surface area contributed by atoms with Crippen LogP contribution >= 0.6 is 11.6 Å². The number of carbonyl (C=O) groups is 16. The lowest BCUT2D eigenvalue weighted by molar-refractivity contribution is -0.142. The number of aromatic nitrogens is 1. The number of hydrogen-bond acceptors (Lipinski definition) is 19. The van der Waals surface area contributed by atoms with Gasteiger partial charge in [0.25, 0.3) is 0 Å². The van der Waals surface area contributed by atoms with Crippen molar-refractivity contribution in [1.82, 2.24) is 79.0 Å². The van der Waals surface area contributed by atoms with E-state index in [9.17, 15) is 72.2 Å². The third-order valence-electron chi connectivity index (χ3n) is 19.2. The Balaban J connectivity index is 1.10. The molecule has 37 heteroatoms. The molecule has 2 aliphatic heterocycles. The highest BCUT2D eigenvalue weighted by molar-refractivity contribution is 6.30. The Labute approximate surface area is 684 Å². The predicted octanol–water partition coefficient (Wildman–Crippen LogP) is -0.539. The number of amides is 18. The molecule has 11 atom stereocenters. The standard InChI is InChI=1S/C81H100ClN19O17/c1-43(2)31-57(71(108)97-64(40-87-68(105)41-86-44(3)4)79(116)101-30-10-14-66(101)78(115)88-45(5)69(83)106)92-73(110)60(34-49-20-27-56(28-21-49)91-80(84)117)94-75(112)61(35-48-18-25-55(26-19-48)90-70(107)63-38-67(104)100-81(118)99-63)96-77(114)65(42-102)98-76(113)62(37-51-11-9-29-85-39-51)95-74(111)59(33-47-16-23-54(82)24-17-47)93-72(109)58(89-46(6)103)36-50-15-22-52-12-7-8-13-53(52)32-50/h7-9,11-13,15-29,32,39,43-45,57-66,86,102H,10,14,30-31,33-38,40-42H2,1-6H3,(H2,83,106)(H,87,105)(H,88,115)(H,89,103)(H,90,107)(H,92,110)(H,93,109)(H,94,112)(H,95,111)(H,96,114)(H,97,108)(H,98,113)(H3,84,91,117)(H2,99,100,104,118)/t45-,57+,58-,59-,60-,61+,62-,63+,64+,65+,66+/m1/s1. The molecule has 2 saturated heterocycles. The minimum absolute atomic E-state index is 0.00529. The summed E-state index contributed by atoms with van der Waals surface area (Å²) >= 11 is 6.26. The fourth-order valence-electron chi connectivity index (χ4n) is 13.0. The van der Waals surface area contributed by atoms with Crippen LogP contribution in [-0.2, 0) is 99.2 Å². The minimum Gasteiger partial charge on any atom is -0.394 e. The topological polar surface area (TPSA) is 542 Å². The Kier molecular flexibility index (Phi) is 33.5. The van der Waals surface area contributed by atoms with Crippen LogP contribution in [0.4, 0.5) is 21.0 Å². The normalized spacial score (nSPS) is 16.0. The third kappa shape index (κ3) is 28.2. The van der Waals surface area contributed by atoms with Gasteiger partial charge in [0.15, 0.2) is 0 Å². The van der Waals surface area contributed by atoms with Crippen molar-refractivity contribution >= 4 is 129 Å². The number of urea groups is 2. The van der Waals surface area contributed by atoms with E-state index in [1.807, 2.05) is 41.7 Å². The number of hydrogen-bond donors (Lipinski definition) is 18. The van der Waals surface area contributed by atoms with Crippen molar-refractivity contribution < 1.29 is 81.8 Å². The minimum atomic E-state index is -1.95. The summed E-state index contributed by atoms with van der Waals surface area (Å²) in [5, 5.41) is 52.1. The second-order valence-corrected chi connectivity index (χ2v) is 29.9. The lowest BCUT2D eigenvalue weighted by Crippen LogP contribution is -2.62. The number of likely N-dealkylation sites (tertiary alicyclic amines) is 1. The highest BCUT2D eigenvalue weighted by Crippen LogP contribution is 2.23. The number of rotatable bonds is 40. The summed E-state index contributed by atoms with van der Waals surface area (Å²) < 4.78 is 0. The molecule has 5 aromatic carbocycles. The zero-order valence-electron chi connectivity index (χ0n) is 65.9. The van der Waals surface area contributed by atoms with Crippen LogP contribution in [0.2, 0.25) is 5.02 Å². The number of primary amides is 2. The van der Waals surface area contributed by atoms with Crippen LogP contribution in [0.25, 0.3) is 10.8 Å². The summed E-state index contributed by atoms with van der Waals surface area (Å²) in [6.45, 7) is 7.82. The molecule has 2 fully saturated rings. The van der Waals surface area contributed by atoms with Crippen molar-refractivity contribution in [3.05, 3.63) is 173 Å². The third-order valence-corrected chi connectivity index (χ3v) is 19.4. The van der Waals surface area contributed by atoms with Gasteiger partial charge in [-0.2, -0.15) is 0 Å². The number of nitrogens with two attached hydrogens (primary N) is 2. The Hall–Kier alpha value is -13.0. The first-order valence-electron chi connectivity index (χ1n) is 38.3. The van der Waals surface area contributed by atoms with E-state index < -0.39 is 187 Å². The van der Waals surface area contributed by atoms with E-state index >= 15 is 9.59 Å². The number of aliphatic hydroxyl groups excluding tert-OH is 1. The van der Waals surface area contributed by atoms with Gasteiger partial charge in [0.1, 0.15) is 66.5 Å². The van der Waals surface area contributed by atoms with E-state index in [1.165, 1.54) is 79.7 Å². The van der Waals surface area contributed by atoms with Crippen molar-refractivity contribution in [1.29, 1.82) is 0 Å². The number of fused-ring (bicyclic) bond motifs is 1. The van der Waals surface area contributed by atoms with Gasteiger partial charge in [-0.05, 0) is 113 Å². The average Bonchev–Trinajstić information content (AvgIpc) is 1.63. The summed E-state index contributed by atoms with van der Waals surface area (Å²) in [6.07, 6.45) is 1.50. The molecule has 118 heavy (non-hydrogen) atoms. The molecule has 3 heterocycles. The Morgan fingerprint density at radius 3 is 1.53 bits per heavy atom. The number of halogens is 1. The largest absolute Gasteiger partial charge is 0.394 e. The van der Waals surface area contributed by atoms with Crippen LogP contribution in [0.5, 0.6) is 0 Å². The van der Waals surface area contributed by atoms with Gasteiger partial charge in [-0.15, -0.1) is 0 Å². The molecule has 2 aliphatic rings. The van der Waals surface area contributed by atoms with Crippen LogP contribution in [0.1, 0.15) is 95.0 Å². The van der Waals surface area contributed by atoms with Crippen molar-refractivity contribution in [3.8, 4) is 0 Å². The molecule has 0 radical (unpaired) electrons. The summed E-state index contributed by atoms with van der Waals surface area (Å²) in [4.78, 5) is 226. The zero-order valence-corrected chi connectivity index (χ0v) is 66.6. The highest BCUT2D eigenvalue weighted by atomic mass is 35.5. The molecule has 0 aliphatic carbocycles. The predicted molar refractivity (Wildman–Crippen MR) is 433 cm³/mol. The molecule has 6 aromatic rings. The van der Waals surface area contributed by atoms with E-state index in [4.69, 9.17) is 23.1 Å². The van der Waals surface area contributed by atoms with E-state index in [1.54, 1.807) is 70.2 Å². The highest BCUT2D eigenvalue weighted by Gasteiger charge is 2.41. The first kappa shape index (κ1) is 90.6. The van der Waals surface area contributed by atoms with Gasteiger partial charge in [-0.25, -0.2) is 9.59 Å². The number of carbonyl (C=O) groups excluding carboxylic acids is 16. The maximum atomic E-state index is 15.4. The second-order valence-electron chi connectivity index (χ2n) is 29.5. The monoisotopic (exact) mass is 1650 g/mol. The number of nitrogens with zero attached hydrogens (tertiary/aromatic N) is 2. The molecule has 0 spiro atoms. The molecule has 1 aromatic heterocycles. The quantitative estimate of drug-likeness (QED) is 0.0230. The van der Waals surface area contributed by atoms with Crippen LogP contribution in [-0.4, -0.2) is 208 Å². The Morgan fingerprint density at radius 2 is 1.03 bits per heavy atom. The van der Waals surface area contributed by atoms with Crippen LogP contribution < -0.4 is 91.2 Å². The SMILES string of the molecule is CC(=O)N[C@H](Cc1ccc2ccccc2c1)C(=O)N[C@H](Cc1ccc(Cl)cc1)C(=O)N[C@H](Cc1cccnc1)C(=O)N[C@@H](CO)C(=O)N[C@@H](Cc1ccc(NC(=O)[C@@H]2CC(=O)NC(=O)N2)cc1)C(=O)N[C@H](Cc1ccc(NC(N)=O)cc1)C(=O)N[C@@H](CC(C)C)C(=O)N[C@@H](CNC(=O)CNC(C)C)C(=O)N1CCC[C@H]1C(=O)N[C@H](C)C(N)=O. The fraction of sp³-hybridized carbons (Fsp3) is 0.395. The molecular weight excluding hydrogens is 1550 g/mol. The van der Waals surface area contributed by atoms with Gasteiger partial charge < -0.3 is 95.9 Å². The van der Waals surface area contributed by atoms with Crippen molar-refractivity contribution in [2.45, 2.75) is 172 Å². The summed E-state index contributed by atoms with van der Waals surface area (Å²) in [5.41, 5.74) is 13.4. The summed E-state index contributed by atoms with van der Waals surface area (Å²) in [7, 11) is 0. The van der Waals surface area contributed by atoms with Gasteiger partial charge in [0.2, 0.25) is 82.7 Å². The van der Waals surface area contributed by atoms with E-state index in [2.05, 4.69) is 79.4 Å². The maximum absolute atomic E-state index is 15.4. The number of aliphatic hydroxyl groups is 1. The first-order valence-corrected chi connectivity index (χ1v) is 38.7. The van der Waals surface area contributed by atoms with Crippen LogP contribution in [0.3, 0.4) is 0 Å². The number of benzene rings is 5. The molecule has 0 unspecified atom stereocenters. The summed E-state index contributed by atoms with van der Waals surface area (Å²) in [6, 6.07) is 15.9. The molecule has 20 N–H and O–H groups in total. The number of imide groups is 1. The Morgan fingerprint density at radius 1 is 0.542 bits per heavy atom. The lowest BCUT2D eigenvalue weighted by Gasteiger charge is -2.31. The van der Waals surface area contributed by atoms with Crippen LogP contribution in [0.15, 0.2) is 140 Å². The Bertz CT molecular complexity index is 4620. The van der Waals surface area contributed by atoms with Crippen molar-refractivity contribution in [2.75, 3.05) is 36.9 Å². The molecule has 36 nitrogen and oxygen atoms in total. The van der Waals surface area contributed by atoms with Gasteiger partial charge >= 0.3 is 12.1 Å². The second kappa shape index (κ2) is 43.7. The molecule has 18 amide bonds. The van der Waals surface area contributed by atoms with E-state index in [0.717, 1.165) is 10.8 Å². The fourth-order valence-corrected chi connectivity index (χ4v) is 13.2. The number of anilines is 2. The smallest absolute Gasteiger partial charge is 0.322 e. The molecule has 0 saturated carbocycles. The van der Waals surface area contributed by atoms with E-state index in [0.29, 0.717) is 33.7 Å². The van der Waals surface area contributed by atoms with Crippen molar-refractivity contribution in [2.24, 2.45) is 17.4 Å².